The lowest BCUT2D eigenvalue weighted by atomic mass is 9.78. The Morgan fingerprint density at radius 1 is 0.944 bits per heavy atom. The zero-order chi connectivity index (χ0) is 27.2. The number of carboxylic acid groups (broad SMARTS) is 1. The molecule has 0 saturated heterocycles. The average molecular weight is 514 g/mol. The van der Waals surface area contributed by atoms with Gasteiger partial charge >= 0.3 is 5.97 Å². The maximum Gasteiger partial charge on any atom is 0.303 e. The summed E-state index contributed by atoms with van der Waals surface area (Å²) < 4.78 is 0. The van der Waals surface area contributed by atoms with Gasteiger partial charge in [-0.3, -0.25) is 4.79 Å². The second-order valence-electron chi connectivity index (χ2n) is 9.85. The minimum Gasteiger partial charge on any atom is -0.481 e. The van der Waals surface area contributed by atoms with E-state index in [4.69, 9.17) is 26.2 Å². The number of hydrogen-bond donors (Lipinski definition) is 7. The first-order chi connectivity index (χ1) is 17.2. The van der Waals surface area contributed by atoms with Crippen LogP contribution in [0.4, 0.5) is 0 Å². The van der Waals surface area contributed by atoms with Gasteiger partial charge in [0.15, 0.2) is 0 Å². The minimum absolute atomic E-state index is 0.110. The van der Waals surface area contributed by atoms with Crippen LogP contribution in [0.25, 0.3) is 0 Å². The molecule has 8 N–H and O–H groups in total. The standard InChI is InChI=1S/C24H40O4.C4H11NO3/c1-2-3-4-5-6-7-15-21(25)16-10-8-13-20-14-9-11-17-22(20)23(26)18-12-19-24(27)28;5-4(1-6,2-7)3-8/h8-11,13,16,20-23,25-26H,2-7,12,14-15,17-19H2,1H3,(H,27,28);6-8H,1-3,5H2/b13-8+,16-10+;/t20-,21?,22+,23?;/m0./s1. The summed E-state index contributed by atoms with van der Waals surface area (Å²) in [5, 5.41) is 54.3. The zero-order valence-corrected chi connectivity index (χ0v) is 22.0. The number of aliphatic hydroxyl groups excluding tert-OH is 5. The largest absolute Gasteiger partial charge is 0.481 e. The van der Waals surface area contributed by atoms with Gasteiger partial charge in [0, 0.05) is 6.42 Å². The lowest BCUT2D eigenvalue weighted by molar-refractivity contribution is -0.137. The molecule has 0 aromatic rings. The fourth-order valence-electron chi connectivity index (χ4n) is 3.98. The molecule has 8 nitrogen and oxygen atoms in total. The Morgan fingerprint density at radius 2 is 1.56 bits per heavy atom. The van der Waals surface area contributed by atoms with Gasteiger partial charge < -0.3 is 36.4 Å². The van der Waals surface area contributed by atoms with Gasteiger partial charge in [-0.25, -0.2) is 0 Å². The van der Waals surface area contributed by atoms with Crippen molar-refractivity contribution in [2.75, 3.05) is 19.8 Å². The van der Waals surface area contributed by atoms with Crippen LogP contribution in [0.5, 0.6) is 0 Å². The monoisotopic (exact) mass is 513 g/mol. The fraction of sp³-hybridized carbons (Fsp3) is 0.750. The Labute approximate surface area is 217 Å². The average Bonchev–Trinajstić information content (AvgIpc) is 2.88. The Bertz CT molecular complexity index is 623. The molecular weight excluding hydrogens is 462 g/mol. The summed E-state index contributed by atoms with van der Waals surface area (Å²) in [6.07, 6.45) is 22.3. The van der Waals surface area contributed by atoms with E-state index in [1.165, 1.54) is 32.1 Å². The topological polar surface area (TPSA) is 164 Å². The number of unbranched alkanes of at least 4 members (excludes halogenated alkanes) is 5. The second kappa shape index (κ2) is 21.5. The highest BCUT2D eigenvalue weighted by Gasteiger charge is 2.27. The molecular formula is C28H51NO7. The molecule has 0 spiro atoms. The second-order valence-corrected chi connectivity index (χ2v) is 9.85. The first-order valence-corrected chi connectivity index (χ1v) is 13.4. The van der Waals surface area contributed by atoms with E-state index in [9.17, 15) is 15.0 Å². The molecule has 210 valence electrons. The van der Waals surface area contributed by atoms with Gasteiger partial charge in [0.05, 0.1) is 37.6 Å². The molecule has 0 bridgehead atoms. The first kappa shape index (κ1) is 34.5. The zero-order valence-electron chi connectivity index (χ0n) is 22.0. The molecule has 0 saturated carbocycles. The lowest BCUT2D eigenvalue weighted by Crippen LogP contribution is -2.50. The van der Waals surface area contributed by atoms with Crippen molar-refractivity contribution in [1.29, 1.82) is 0 Å². The molecule has 0 heterocycles. The molecule has 0 aromatic carbocycles. The molecule has 0 fully saturated rings. The number of nitrogens with two attached hydrogens (primary N) is 1. The van der Waals surface area contributed by atoms with Crippen LogP contribution in [-0.2, 0) is 4.79 Å². The molecule has 0 aliphatic heterocycles. The van der Waals surface area contributed by atoms with E-state index in [0.717, 1.165) is 25.7 Å². The summed E-state index contributed by atoms with van der Waals surface area (Å²) in [5.74, 6) is -0.418. The van der Waals surface area contributed by atoms with Gasteiger partial charge in [-0.2, -0.15) is 0 Å². The van der Waals surface area contributed by atoms with Crippen LogP contribution in [0.15, 0.2) is 36.5 Å². The van der Waals surface area contributed by atoms with Crippen LogP contribution in [0.2, 0.25) is 0 Å². The molecule has 1 aliphatic carbocycles. The number of aliphatic hydroxyl groups is 5. The predicted molar refractivity (Wildman–Crippen MR) is 143 cm³/mol. The van der Waals surface area contributed by atoms with Crippen molar-refractivity contribution in [3.63, 3.8) is 0 Å². The van der Waals surface area contributed by atoms with Gasteiger partial charge in [-0.15, -0.1) is 0 Å². The third-order valence-corrected chi connectivity index (χ3v) is 6.52. The maximum absolute atomic E-state index is 10.6. The molecule has 1 aliphatic rings. The summed E-state index contributed by atoms with van der Waals surface area (Å²) in [5.41, 5.74) is 3.94. The molecule has 4 atom stereocenters. The van der Waals surface area contributed by atoms with Crippen molar-refractivity contribution in [1.82, 2.24) is 0 Å². The summed E-state index contributed by atoms with van der Waals surface area (Å²) in [6.45, 7) is 1.01. The number of rotatable bonds is 18. The van der Waals surface area contributed by atoms with E-state index < -0.39 is 37.4 Å². The Balaban J connectivity index is 0.00000131. The van der Waals surface area contributed by atoms with Crippen LogP contribution < -0.4 is 5.73 Å². The van der Waals surface area contributed by atoms with Gasteiger partial charge in [0.1, 0.15) is 0 Å². The third-order valence-electron chi connectivity index (χ3n) is 6.52. The maximum atomic E-state index is 10.6. The third kappa shape index (κ3) is 17.0. The van der Waals surface area contributed by atoms with E-state index in [1.54, 1.807) is 0 Å². The Kier molecular flexibility index (Phi) is 20.6. The van der Waals surface area contributed by atoms with E-state index in [0.29, 0.717) is 12.8 Å². The summed E-state index contributed by atoms with van der Waals surface area (Å²) in [4.78, 5) is 10.6. The van der Waals surface area contributed by atoms with Crippen molar-refractivity contribution in [3.8, 4) is 0 Å². The molecule has 1 rings (SSSR count). The number of carbonyl (C=O) groups is 1. The highest BCUT2D eigenvalue weighted by Crippen LogP contribution is 2.31. The highest BCUT2D eigenvalue weighted by atomic mass is 16.4. The van der Waals surface area contributed by atoms with Crippen molar-refractivity contribution >= 4 is 5.97 Å². The Hall–Kier alpha value is -1.55. The number of carboxylic acids is 1. The highest BCUT2D eigenvalue weighted by molar-refractivity contribution is 5.66. The fourth-order valence-corrected chi connectivity index (χ4v) is 3.98. The van der Waals surface area contributed by atoms with E-state index in [2.05, 4.69) is 25.2 Å². The van der Waals surface area contributed by atoms with Crippen LogP contribution in [-0.4, -0.2) is 74.2 Å². The molecule has 0 radical (unpaired) electrons. The van der Waals surface area contributed by atoms with Gasteiger partial charge in [-0.05, 0) is 43.9 Å². The Morgan fingerprint density at radius 3 is 2.14 bits per heavy atom. The first-order valence-electron chi connectivity index (χ1n) is 13.4. The minimum atomic E-state index is -1.21. The quantitative estimate of drug-likeness (QED) is 0.0834. The van der Waals surface area contributed by atoms with Crippen LogP contribution >= 0.6 is 0 Å². The predicted octanol–water partition coefficient (Wildman–Crippen LogP) is 3.07. The van der Waals surface area contributed by atoms with E-state index in [-0.39, 0.29) is 24.4 Å². The molecule has 36 heavy (non-hydrogen) atoms. The van der Waals surface area contributed by atoms with Crippen LogP contribution in [0.1, 0.15) is 84.0 Å². The molecule has 0 amide bonds. The smallest absolute Gasteiger partial charge is 0.303 e. The number of hydrogen-bond acceptors (Lipinski definition) is 7. The number of allylic oxidation sites excluding steroid dienone is 5. The molecule has 8 heteroatoms. The van der Waals surface area contributed by atoms with E-state index >= 15 is 0 Å². The SMILES string of the molecule is CCCCCCCCC(O)/C=C/C=C/[C@H]1CC=CC[C@H]1C(O)CCCC(=O)O.NC(CO)(CO)CO. The van der Waals surface area contributed by atoms with Crippen molar-refractivity contribution < 1.29 is 35.4 Å². The normalized spacial score (nSPS) is 19.9. The molecule has 0 aromatic heterocycles. The number of aliphatic carboxylic acids is 1. The van der Waals surface area contributed by atoms with Gasteiger partial charge in [0.25, 0.3) is 0 Å². The van der Waals surface area contributed by atoms with Crippen molar-refractivity contribution in [3.05, 3.63) is 36.5 Å². The van der Waals surface area contributed by atoms with Gasteiger partial charge in [0.2, 0.25) is 0 Å². The molecule has 2 unspecified atom stereocenters. The summed E-state index contributed by atoms with van der Waals surface area (Å²) in [6, 6.07) is 0. The lowest BCUT2D eigenvalue weighted by Gasteiger charge is -2.30. The summed E-state index contributed by atoms with van der Waals surface area (Å²) in [7, 11) is 0. The van der Waals surface area contributed by atoms with Crippen LogP contribution in [0, 0.1) is 11.8 Å². The van der Waals surface area contributed by atoms with Gasteiger partial charge in [-0.1, -0.05) is 81.9 Å². The van der Waals surface area contributed by atoms with Crippen molar-refractivity contribution in [2.45, 2.75) is 102 Å². The van der Waals surface area contributed by atoms with Crippen LogP contribution in [0.3, 0.4) is 0 Å². The van der Waals surface area contributed by atoms with E-state index in [1.807, 2.05) is 18.2 Å². The van der Waals surface area contributed by atoms with Crippen molar-refractivity contribution in [2.24, 2.45) is 17.6 Å². The summed E-state index contributed by atoms with van der Waals surface area (Å²) >= 11 is 0.